The number of esters is 1. The predicted octanol–water partition coefficient (Wildman–Crippen LogP) is 2.61. The Morgan fingerprint density at radius 2 is 1.97 bits per heavy atom. The minimum absolute atomic E-state index is 0.121. The molecule has 2 fully saturated rings. The smallest absolute Gasteiger partial charge is 0.314 e. The lowest BCUT2D eigenvalue weighted by molar-refractivity contribution is -0.309. The number of carbonyl (C=O) groups is 1. The van der Waals surface area contributed by atoms with E-state index in [1.54, 1.807) is 7.11 Å². The van der Waals surface area contributed by atoms with Crippen LogP contribution in [0.4, 0.5) is 0 Å². The van der Waals surface area contributed by atoms with Gasteiger partial charge in [-0.15, -0.1) is 0 Å². The number of aliphatic hydroxyl groups is 2. The summed E-state index contributed by atoms with van der Waals surface area (Å²) in [7, 11) is 1.62. The molecule has 158 valence electrons. The third kappa shape index (κ3) is 3.09. The van der Waals surface area contributed by atoms with E-state index < -0.39 is 35.6 Å². The van der Waals surface area contributed by atoms with Gasteiger partial charge in [-0.25, -0.2) is 0 Å². The largest absolute Gasteiger partial charge is 0.497 e. The van der Waals surface area contributed by atoms with E-state index in [0.29, 0.717) is 13.0 Å². The SMILES string of the molecule is COc1ccc(CO[C@@H]2C[C@@]3(C4=CCC(C)(C)C4)COC(=O)[C@H](CO)[C@@]23O)cc1. The predicted molar refractivity (Wildman–Crippen MR) is 106 cm³/mol. The van der Waals surface area contributed by atoms with Crippen LogP contribution in [0.3, 0.4) is 0 Å². The van der Waals surface area contributed by atoms with E-state index in [1.807, 2.05) is 24.3 Å². The molecule has 0 bridgehead atoms. The maximum atomic E-state index is 12.4. The average molecular weight is 402 g/mol. The lowest BCUT2D eigenvalue weighted by atomic mass is 9.46. The van der Waals surface area contributed by atoms with Crippen LogP contribution in [-0.4, -0.2) is 48.2 Å². The molecule has 0 amide bonds. The van der Waals surface area contributed by atoms with E-state index in [2.05, 4.69) is 19.9 Å². The molecule has 6 heteroatoms. The van der Waals surface area contributed by atoms with Crippen LogP contribution in [0.2, 0.25) is 0 Å². The Morgan fingerprint density at radius 3 is 2.55 bits per heavy atom. The lowest BCUT2D eigenvalue weighted by Crippen LogP contribution is -2.77. The minimum Gasteiger partial charge on any atom is -0.497 e. The molecule has 0 spiro atoms. The maximum absolute atomic E-state index is 12.4. The molecule has 3 aliphatic rings. The van der Waals surface area contributed by atoms with Gasteiger partial charge < -0.3 is 24.4 Å². The molecule has 1 aromatic rings. The van der Waals surface area contributed by atoms with Crippen LogP contribution in [0.25, 0.3) is 0 Å². The van der Waals surface area contributed by atoms with E-state index in [9.17, 15) is 15.0 Å². The average Bonchev–Trinajstić information content (AvgIpc) is 3.06. The zero-order chi connectivity index (χ0) is 20.9. The van der Waals surface area contributed by atoms with Gasteiger partial charge in [0.1, 0.15) is 23.9 Å². The van der Waals surface area contributed by atoms with Gasteiger partial charge in [-0.2, -0.15) is 0 Å². The van der Waals surface area contributed by atoms with Crippen LogP contribution in [0.15, 0.2) is 35.9 Å². The van der Waals surface area contributed by atoms with Crippen LogP contribution >= 0.6 is 0 Å². The summed E-state index contributed by atoms with van der Waals surface area (Å²) in [6, 6.07) is 7.54. The Morgan fingerprint density at radius 1 is 1.24 bits per heavy atom. The highest BCUT2D eigenvalue weighted by atomic mass is 16.6. The molecule has 2 aliphatic carbocycles. The number of aliphatic hydroxyl groups excluding tert-OH is 1. The molecule has 1 heterocycles. The first-order valence-corrected chi connectivity index (χ1v) is 10.2. The highest BCUT2D eigenvalue weighted by Gasteiger charge is 2.74. The molecule has 0 aromatic heterocycles. The number of hydrogen-bond acceptors (Lipinski definition) is 6. The fourth-order valence-electron chi connectivity index (χ4n) is 5.24. The lowest BCUT2D eigenvalue weighted by Gasteiger charge is -2.65. The number of fused-ring (bicyclic) bond motifs is 1. The summed E-state index contributed by atoms with van der Waals surface area (Å²) in [5, 5.41) is 21.7. The first kappa shape index (κ1) is 20.4. The van der Waals surface area contributed by atoms with Crippen LogP contribution in [-0.2, 0) is 20.9 Å². The topological polar surface area (TPSA) is 85.2 Å². The van der Waals surface area contributed by atoms with Gasteiger partial charge in [0.05, 0.1) is 31.8 Å². The first-order valence-electron chi connectivity index (χ1n) is 10.2. The fraction of sp³-hybridized carbons (Fsp3) is 0.609. The van der Waals surface area contributed by atoms with Crippen molar-refractivity contribution in [1.82, 2.24) is 0 Å². The third-order valence-corrected chi connectivity index (χ3v) is 7.05. The molecule has 1 saturated carbocycles. The number of allylic oxidation sites excluding steroid dienone is 1. The monoisotopic (exact) mass is 402 g/mol. The second kappa shape index (κ2) is 7.11. The van der Waals surface area contributed by atoms with Crippen molar-refractivity contribution in [3.8, 4) is 5.75 Å². The van der Waals surface area contributed by atoms with E-state index in [-0.39, 0.29) is 12.0 Å². The van der Waals surface area contributed by atoms with Crippen molar-refractivity contribution in [2.75, 3.05) is 20.3 Å². The molecule has 1 saturated heterocycles. The summed E-state index contributed by atoms with van der Waals surface area (Å²) in [6.45, 7) is 4.38. The maximum Gasteiger partial charge on any atom is 0.314 e. The Bertz CT molecular complexity index is 813. The van der Waals surface area contributed by atoms with E-state index in [0.717, 1.165) is 29.7 Å². The molecule has 29 heavy (non-hydrogen) atoms. The summed E-state index contributed by atoms with van der Waals surface area (Å²) < 4.78 is 16.7. The zero-order valence-corrected chi connectivity index (χ0v) is 17.3. The summed E-state index contributed by atoms with van der Waals surface area (Å²) >= 11 is 0. The summed E-state index contributed by atoms with van der Waals surface area (Å²) in [5.74, 6) is -0.794. The molecule has 6 nitrogen and oxygen atoms in total. The van der Waals surface area contributed by atoms with Crippen LogP contribution in [0.1, 0.15) is 38.7 Å². The van der Waals surface area contributed by atoms with Gasteiger partial charge in [0.15, 0.2) is 0 Å². The Kier molecular flexibility index (Phi) is 5.00. The first-order chi connectivity index (χ1) is 13.8. The fourth-order valence-corrected chi connectivity index (χ4v) is 5.24. The van der Waals surface area contributed by atoms with Crippen molar-refractivity contribution in [3.63, 3.8) is 0 Å². The normalized spacial score (nSPS) is 35.3. The van der Waals surface area contributed by atoms with Crippen molar-refractivity contribution >= 4 is 5.97 Å². The summed E-state index contributed by atoms with van der Waals surface area (Å²) in [6.07, 6.45) is 3.98. The summed E-state index contributed by atoms with van der Waals surface area (Å²) in [5.41, 5.74) is 0.0610. The molecule has 2 N–H and O–H groups in total. The standard InChI is InChI=1S/C23H30O6/c1-21(2)9-8-16(10-21)22-11-19(23(22,26)18(12-24)20(25)29-14-22)28-13-15-4-6-17(27-3)7-5-15/h4-8,18-19,24,26H,9-14H2,1-3H3/t18-,19+,22-,23+/m0/s1. The molecular weight excluding hydrogens is 372 g/mol. The zero-order valence-electron chi connectivity index (χ0n) is 17.3. The number of ether oxygens (including phenoxy) is 3. The van der Waals surface area contributed by atoms with Gasteiger partial charge >= 0.3 is 5.97 Å². The van der Waals surface area contributed by atoms with Gasteiger partial charge in [0.2, 0.25) is 0 Å². The van der Waals surface area contributed by atoms with Crippen LogP contribution in [0, 0.1) is 16.7 Å². The minimum atomic E-state index is -1.46. The molecule has 4 rings (SSSR count). The number of rotatable bonds is 6. The van der Waals surface area contributed by atoms with Crippen molar-refractivity contribution in [2.24, 2.45) is 16.7 Å². The number of cyclic esters (lactones) is 1. The van der Waals surface area contributed by atoms with Crippen molar-refractivity contribution in [2.45, 2.75) is 51.4 Å². The highest BCUT2D eigenvalue weighted by Crippen LogP contribution is 2.64. The van der Waals surface area contributed by atoms with Gasteiger partial charge in [0, 0.05) is 0 Å². The Balaban J connectivity index is 1.57. The molecule has 0 unspecified atom stereocenters. The number of carbonyl (C=O) groups excluding carboxylic acids is 1. The van der Waals surface area contributed by atoms with Gasteiger partial charge in [-0.3, -0.25) is 4.79 Å². The van der Waals surface area contributed by atoms with Crippen molar-refractivity contribution < 1.29 is 29.2 Å². The number of methoxy groups -OCH3 is 1. The van der Waals surface area contributed by atoms with E-state index >= 15 is 0 Å². The van der Waals surface area contributed by atoms with Crippen LogP contribution in [0.5, 0.6) is 5.75 Å². The second-order valence-corrected chi connectivity index (χ2v) is 9.38. The molecule has 1 aliphatic heterocycles. The number of benzene rings is 1. The molecule has 1 aromatic carbocycles. The molecular formula is C23H30O6. The summed E-state index contributed by atoms with van der Waals surface area (Å²) in [4.78, 5) is 12.4. The Hall–Kier alpha value is -1.89. The highest BCUT2D eigenvalue weighted by molar-refractivity contribution is 5.77. The number of hydrogen-bond donors (Lipinski definition) is 2. The molecule has 4 atom stereocenters. The van der Waals surface area contributed by atoms with E-state index in [1.165, 1.54) is 0 Å². The second-order valence-electron chi connectivity index (χ2n) is 9.38. The van der Waals surface area contributed by atoms with Gasteiger partial charge in [-0.1, -0.05) is 37.6 Å². The Labute approximate surface area is 171 Å². The van der Waals surface area contributed by atoms with Gasteiger partial charge in [-0.05, 0) is 42.4 Å². The quantitative estimate of drug-likeness (QED) is 0.562. The van der Waals surface area contributed by atoms with Crippen LogP contribution < -0.4 is 4.74 Å². The van der Waals surface area contributed by atoms with Gasteiger partial charge in [0.25, 0.3) is 0 Å². The van der Waals surface area contributed by atoms with Crippen molar-refractivity contribution in [1.29, 1.82) is 0 Å². The molecule has 0 radical (unpaired) electrons. The third-order valence-electron chi connectivity index (χ3n) is 7.05. The van der Waals surface area contributed by atoms with Crippen molar-refractivity contribution in [3.05, 3.63) is 41.5 Å². The van der Waals surface area contributed by atoms with E-state index in [4.69, 9.17) is 14.2 Å².